The molecule has 1 aromatic rings. The Morgan fingerprint density at radius 3 is 3.13 bits per heavy atom. The maximum absolute atomic E-state index is 11.4. The van der Waals surface area contributed by atoms with Gasteiger partial charge in [-0.3, -0.25) is 9.78 Å². The summed E-state index contributed by atoms with van der Waals surface area (Å²) in [6, 6.07) is 1.75. The summed E-state index contributed by atoms with van der Waals surface area (Å²) in [6.07, 6.45) is 4.47. The van der Waals surface area contributed by atoms with Gasteiger partial charge in [-0.2, -0.15) is 0 Å². The largest absolute Gasteiger partial charge is 0.385 e. The van der Waals surface area contributed by atoms with E-state index in [-0.39, 0.29) is 5.91 Å². The van der Waals surface area contributed by atoms with Crippen molar-refractivity contribution in [3.8, 4) is 0 Å². The molecule has 15 heavy (non-hydrogen) atoms. The standard InChI is InChI=1S/C10H13BrN2O2/c1-15-6-2-3-10(14)13-9-4-5-12-7-8(9)11/h4-5,7H,2-3,6H2,1H3,(H,12,13,14). The van der Waals surface area contributed by atoms with Gasteiger partial charge in [-0.15, -0.1) is 0 Å². The predicted molar refractivity (Wildman–Crippen MR) is 61.7 cm³/mol. The third kappa shape index (κ3) is 4.40. The number of nitrogens with one attached hydrogen (secondary N) is 1. The van der Waals surface area contributed by atoms with E-state index < -0.39 is 0 Å². The number of aromatic nitrogens is 1. The normalized spacial score (nSPS) is 10.0. The van der Waals surface area contributed by atoms with Gasteiger partial charge < -0.3 is 10.1 Å². The third-order valence-corrected chi connectivity index (χ3v) is 2.43. The zero-order valence-corrected chi connectivity index (χ0v) is 10.1. The van der Waals surface area contributed by atoms with Crippen molar-refractivity contribution in [1.82, 2.24) is 4.98 Å². The molecule has 82 valence electrons. The molecule has 0 aliphatic heterocycles. The number of pyridine rings is 1. The quantitative estimate of drug-likeness (QED) is 0.837. The lowest BCUT2D eigenvalue weighted by molar-refractivity contribution is -0.116. The smallest absolute Gasteiger partial charge is 0.224 e. The van der Waals surface area contributed by atoms with Crippen LogP contribution in [0.25, 0.3) is 0 Å². The van der Waals surface area contributed by atoms with Crippen molar-refractivity contribution in [3.63, 3.8) is 0 Å². The second-order valence-electron chi connectivity index (χ2n) is 3.00. The molecule has 0 aliphatic rings. The van der Waals surface area contributed by atoms with Gasteiger partial charge in [-0.05, 0) is 28.4 Å². The molecule has 1 amide bonds. The van der Waals surface area contributed by atoms with Crippen LogP contribution in [0.4, 0.5) is 5.69 Å². The zero-order chi connectivity index (χ0) is 11.1. The summed E-state index contributed by atoms with van der Waals surface area (Å²) in [5.74, 6) is -0.0149. The Morgan fingerprint density at radius 1 is 1.67 bits per heavy atom. The van der Waals surface area contributed by atoms with Gasteiger partial charge in [0.05, 0.1) is 10.2 Å². The van der Waals surface area contributed by atoms with Crippen LogP contribution in [0.15, 0.2) is 22.9 Å². The van der Waals surface area contributed by atoms with Crippen LogP contribution in [-0.4, -0.2) is 24.6 Å². The van der Waals surface area contributed by atoms with Gasteiger partial charge >= 0.3 is 0 Å². The predicted octanol–water partition coefficient (Wildman–Crippen LogP) is 2.21. The molecule has 1 N–H and O–H groups in total. The van der Waals surface area contributed by atoms with Gasteiger partial charge in [-0.1, -0.05) is 0 Å². The van der Waals surface area contributed by atoms with Gasteiger partial charge in [0, 0.05) is 32.5 Å². The minimum absolute atomic E-state index is 0.0149. The highest BCUT2D eigenvalue weighted by Crippen LogP contribution is 2.19. The van der Waals surface area contributed by atoms with Crippen LogP contribution in [0.1, 0.15) is 12.8 Å². The molecule has 0 bridgehead atoms. The van der Waals surface area contributed by atoms with E-state index in [1.807, 2.05) is 0 Å². The van der Waals surface area contributed by atoms with Crippen molar-refractivity contribution in [2.45, 2.75) is 12.8 Å². The number of carbonyl (C=O) groups is 1. The van der Waals surface area contributed by atoms with Crippen molar-refractivity contribution in [1.29, 1.82) is 0 Å². The first-order valence-electron chi connectivity index (χ1n) is 4.62. The molecular formula is C10H13BrN2O2. The van der Waals surface area contributed by atoms with Crippen LogP contribution in [-0.2, 0) is 9.53 Å². The lowest BCUT2D eigenvalue weighted by Gasteiger charge is -2.06. The summed E-state index contributed by atoms with van der Waals surface area (Å²) in [4.78, 5) is 15.3. The van der Waals surface area contributed by atoms with E-state index in [4.69, 9.17) is 4.74 Å². The first-order valence-corrected chi connectivity index (χ1v) is 5.41. The first kappa shape index (κ1) is 12.1. The Balaban J connectivity index is 2.41. The Kier molecular flexibility index (Phi) is 5.28. The molecule has 4 nitrogen and oxygen atoms in total. The number of hydrogen-bond acceptors (Lipinski definition) is 3. The number of rotatable bonds is 5. The number of anilines is 1. The number of halogens is 1. The Labute approximate surface area is 97.2 Å². The molecule has 5 heteroatoms. The fourth-order valence-electron chi connectivity index (χ4n) is 1.07. The Bertz CT molecular complexity index is 331. The number of nitrogens with zero attached hydrogens (tertiary/aromatic N) is 1. The topological polar surface area (TPSA) is 51.2 Å². The number of hydrogen-bond donors (Lipinski definition) is 1. The van der Waals surface area contributed by atoms with E-state index in [2.05, 4.69) is 26.2 Å². The molecule has 0 saturated carbocycles. The molecule has 0 unspecified atom stereocenters. The van der Waals surface area contributed by atoms with Crippen LogP contribution in [0.2, 0.25) is 0 Å². The van der Waals surface area contributed by atoms with Crippen molar-refractivity contribution in [2.24, 2.45) is 0 Å². The molecule has 0 aliphatic carbocycles. The molecule has 0 aromatic carbocycles. The van der Waals surface area contributed by atoms with Crippen molar-refractivity contribution in [2.75, 3.05) is 19.0 Å². The second-order valence-corrected chi connectivity index (χ2v) is 3.85. The lowest BCUT2D eigenvalue weighted by Crippen LogP contribution is -2.12. The molecule has 0 saturated heterocycles. The molecule has 0 atom stereocenters. The van der Waals surface area contributed by atoms with E-state index in [0.717, 1.165) is 16.6 Å². The molecule has 0 fully saturated rings. The van der Waals surface area contributed by atoms with Crippen molar-refractivity contribution < 1.29 is 9.53 Å². The molecule has 1 rings (SSSR count). The highest BCUT2D eigenvalue weighted by molar-refractivity contribution is 9.10. The molecular weight excluding hydrogens is 260 g/mol. The van der Waals surface area contributed by atoms with E-state index in [1.54, 1.807) is 25.6 Å². The van der Waals surface area contributed by atoms with Gasteiger partial charge in [0.1, 0.15) is 0 Å². The Hall–Kier alpha value is -0.940. The van der Waals surface area contributed by atoms with Crippen LogP contribution >= 0.6 is 15.9 Å². The summed E-state index contributed by atoms with van der Waals surface area (Å²) in [7, 11) is 1.62. The van der Waals surface area contributed by atoms with Gasteiger partial charge in [-0.25, -0.2) is 0 Å². The minimum Gasteiger partial charge on any atom is -0.385 e. The van der Waals surface area contributed by atoms with E-state index in [1.165, 1.54) is 0 Å². The minimum atomic E-state index is -0.0149. The fraction of sp³-hybridized carbons (Fsp3) is 0.400. The average molecular weight is 273 g/mol. The van der Waals surface area contributed by atoms with Gasteiger partial charge in [0.2, 0.25) is 5.91 Å². The maximum atomic E-state index is 11.4. The number of carbonyl (C=O) groups excluding carboxylic acids is 1. The SMILES string of the molecule is COCCCC(=O)Nc1ccncc1Br. The highest BCUT2D eigenvalue weighted by Gasteiger charge is 2.04. The maximum Gasteiger partial charge on any atom is 0.224 e. The zero-order valence-electron chi connectivity index (χ0n) is 8.50. The van der Waals surface area contributed by atoms with Crippen molar-refractivity contribution >= 4 is 27.5 Å². The van der Waals surface area contributed by atoms with Crippen molar-refractivity contribution in [3.05, 3.63) is 22.9 Å². The first-order chi connectivity index (χ1) is 7.24. The summed E-state index contributed by atoms with van der Waals surface area (Å²) in [6.45, 7) is 0.602. The molecule has 1 heterocycles. The van der Waals surface area contributed by atoms with Gasteiger partial charge in [0.15, 0.2) is 0 Å². The second kappa shape index (κ2) is 6.53. The van der Waals surface area contributed by atoms with Crippen LogP contribution in [0.5, 0.6) is 0 Å². The number of methoxy groups -OCH3 is 1. The molecule has 0 radical (unpaired) electrons. The summed E-state index contributed by atoms with van der Waals surface area (Å²) in [5.41, 5.74) is 0.743. The summed E-state index contributed by atoms with van der Waals surface area (Å²) in [5, 5.41) is 2.79. The van der Waals surface area contributed by atoms with Gasteiger partial charge in [0.25, 0.3) is 0 Å². The third-order valence-electron chi connectivity index (χ3n) is 1.80. The fourth-order valence-corrected chi connectivity index (χ4v) is 1.42. The summed E-state index contributed by atoms with van der Waals surface area (Å²) < 4.78 is 5.65. The van der Waals surface area contributed by atoms with E-state index >= 15 is 0 Å². The van der Waals surface area contributed by atoms with E-state index in [0.29, 0.717) is 13.0 Å². The Morgan fingerprint density at radius 2 is 2.47 bits per heavy atom. The lowest BCUT2D eigenvalue weighted by atomic mass is 10.3. The molecule has 0 spiro atoms. The van der Waals surface area contributed by atoms with Crippen LogP contribution in [0, 0.1) is 0 Å². The number of ether oxygens (including phenoxy) is 1. The van der Waals surface area contributed by atoms with E-state index in [9.17, 15) is 4.79 Å². The van der Waals surface area contributed by atoms with Crippen LogP contribution in [0.3, 0.4) is 0 Å². The molecule has 1 aromatic heterocycles. The average Bonchev–Trinajstić information content (AvgIpc) is 2.22. The summed E-state index contributed by atoms with van der Waals surface area (Å²) >= 11 is 3.30. The monoisotopic (exact) mass is 272 g/mol. The number of amides is 1. The van der Waals surface area contributed by atoms with Crippen LogP contribution < -0.4 is 5.32 Å². The highest BCUT2D eigenvalue weighted by atomic mass is 79.9.